The molecule has 0 saturated heterocycles. The predicted octanol–water partition coefficient (Wildman–Crippen LogP) is 1.51. The Bertz CT molecular complexity index is 371. The molecule has 0 saturated carbocycles. The standard InChI is InChI=1S/C12H18N2O2S/c1-9(12(15)14-6-7-16-2)17-11-5-3-4-10(13)8-11/h3-5,8-9H,6-7,13H2,1-2H3,(H,14,15). The van der Waals surface area contributed by atoms with Crippen LogP contribution in [0.25, 0.3) is 0 Å². The van der Waals surface area contributed by atoms with E-state index in [1.807, 2.05) is 31.2 Å². The van der Waals surface area contributed by atoms with Crippen molar-refractivity contribution in [2.24, 2.45) is 0 Å². The fraction of sp³-hybridized carbons (Fsp3) is 0.417. The number of hydrogen-bond donors (Lipinski definition) is 2. The van der Waals surface area contributed by atoms with Gasteiger partial charge in [0.05, 0.1) is 11.9 Å². The summed E-state index contributed by atoms with van der Waals surface area (Å²) in [7, 11) is 1.61. The number of anilines is 1. The lowest BCUT2D eigenvalue weighted by molar-refractivity contribution is -0.120. The Hall–Kier alpha value is -1.20. The maximum Gasteiger partial charge on any atom is 0.233 e. The minimum absolute atomic E-state index is 0.00877. The monoisotopic (exact) mass is 254 g/mol. The molecule has 0 spiro atoms. The fourth-order valence-corrected chi connectivity index (χ4v) is 2.23. The molecule has 0 aliphatic rings. The summed E-state index contributed by atoms with van der Waals surface area (Å²) in [6, 6.07) is 7.52. The normalized spacial score (nSPS) is 12.1. The van der Waals surface area contributed by atoms with Crippen LogP contribution in [-0.2, 0) is 9.53 Å². The number of nitrogens with one attached hydrogen (secondary N) is 1. The van der Waals surface area contributed by atoms with Crippen LogP contribution in [0.3, 0.4) is 0 Å². The van der Waals surface area contributed by atoms with Crippen molar-refractivity contribution in [3.05, 3.63) is 24.3 Å². The molecule has 1 rings (SSSR count). The van der Waals surface area contributed by atoms with Gasteiger partial charge >= 0.3 is 0 Å². The molecule has 0 aromatic heterocycles. The Balaban J connectivity index is 2.43. The van der Waals surface area contributed by atoms with Crippen molar-refractivity contribution < 1.29 is 9.53 Å². The number of carbonyl (C=O) groups excluding carboxylic acids is 1. The van der Waals surface area contributed by atoms with Crippen LogP contribution in [0, 0.1) is 0 Å². The molecule has 1 aromatic carbocycles. The number of amides is 1. The van der Waals surface area contributed by atoms with Crippen LogP contribution in [0.5, 0.6) is 0 Å². The number of thioether (sulfide) groups is 1. The molecule has 0 aliphatic carbocycles. The summed E-state index contributed by atoms with van der Waals surface area (Å²) in [5, 5.41) is 2.66. The molecule has 0 heterocycles. The van der Waals surface area contributed by atoms with Crippen molar-refractivity contribution in [1.82, 2.24) is 5.32 Å². The van der Waals surface area contributed by atoms with Crippen LogP contribution >= 0.6 is 11.8 Å². The molecule has 1 aromatic rings. The molecule has 0 radical (unpaired) electrons. The Labute approximate surface area is 106 Å². The highest BCUT2D eigenvalue weighted by molar-refractivity contribution is 8.00. The topological polar surface area (TPSA) is 64.3 Å². The molecule has 1 unspecified atom stereocenters. The second-order valence-corrected chi connectivity index (χ2v) is 5.03. The summed E-state index contributed by atoms with van der Waals surface area (Å²) in [5.41, 5.74) is 6.39. The van der Waals surface area contributed by atoms with Crippen molar-refractivity contribution in [3.63, 3.8) is 0 Å². The van der Waals surface area contributed by atoms with Crippen molar-refractivity contribution in [2.45, 2.75) is 17.1 Å². The van der Waals surface area contributed by atoms with E-state index in [2.05, 4.69) is 5.32 Å². The summed E-state index contributed by atoms with van der Waals surface area (Å²) in [6.07, 6.45) is 0. The van der Waals surface area contributed by atoms with Gasteiger partial charge in [-0.1, -0.05) is 6.07 Å². The first-order valence-electron chi connectivity index (χ1n) is 5.42. The van der Waals surface area contributed by atoms with Gasteiger partial charge in [0.2, 0.25) is 5.91 Å². The minimum Gasteiger partial charge on any atom is -0.399 e. The largest absolute Gasteiger partial charge is 0.399 e. The number of hydrogen-bond acceptors (Lipinski definition) is 4. The van der Waals surface area contributed by atoms with Gasteiger partial charge in [0.15, 0.2) is 0 Å². The van der Waals surface area contributed by atoms with Gasteiger partial charge in [0, 0.05) is 24.2 Å². The quantitative estimate of drug-likeness (QED) is 0.459. The molecule has 1 atom stereocenters. The number of benzene rings is 1. The van der Waals surface area contributed by atoms with Gasteiger partial charge in [-0.3, -0.25) is 4.79 Å². The molecule has 1 amide bonds. The lowest BCUT2D eigenvalue weighted by Crippen LogP contribution is -2.33. The average Bonchev–Trinajstić information content (AvgIpc) is 2.29. The van der Waals surface area contributed by atoms with Gasteiger partial charge in [-0.25, -0.2) is 0 Å². The molecule has 5 heteroatoms. The molecule has 17 heavy (non-hydrogen) atoms. The van der Waals surface area contributed by atoms with Crippen molar-refractivity contribution in [1.29, 1.82) is 0 Å². The van der Waals surface area contributed by atoms with Crippen LogP contribution < -0.4 is 11.1 Å². The van der Waals surface area contributed by atoms with Gasteiger partial charge in [0.1, 0.15) is 0 Å². The van der Waals surface area contributed by atoms with Crippen LogP contribution in [0.15, 0.2) is 29.2 Å². The van der Waals surface area contributed by atoms with Gasteiger partial charge in [-0.05, 0) is 25.1 Å². The van der Waals surface area contributed by atoms with E-state index in [1.165, 1.54) is 11.8 Å². The van der Waals surface area contributed by atoms with Crippen molar-refractivity contribution in [3.8, 4) is 0 Å². The maximum atomic E-state index is 11.7. The zero-order valence-corrected chi connectivity index (χ0v) is 10.9. The number of rotatable bonds is 6. The fourth-order valence-electron chi connectivity index (χ4n) is 1.27. The van der Waals surface area contributed by atoms with Gasteiger partial charge in [-0.2, -0.15) is 0 Å². The van der Waals surface area contributed by atoms with Gasteiger partial charge in [-0.15, -0.1) is 11.8 Å². The summed E-state index contributed by atoms with van der Waals surface area (Å²) < 4.78 is 4.87. The molecule has 4 nitrogen and oxygen atoms in total. The van der Waals surface area contributed by atoms with E-state index in [-0.39, 0.29) is 11.2 Å². The SMILES string of the molecule is COCCNC(=O)C(C)Sc1cccc(N)c1. The van der Waals surface area contributed by atoms with Crippen LogP contribution in [-0.4, -0.2) is 31.4 Å². The van der Waals surface area contributed by atoms with Crippen molar-refractivity contribution in [2.75, 3.05) is 26.0 Å². The van der Waals surface area contributed by atoms with Crippen LogP contribution in [0.2, 0.25) is 0 Å². The van der Waals surface area contributed by atoms with E-state index >= 15 is 0 Å². The van der Waals surface area contributed by atoms with E-state index in [1.54, 1.807) is 7.11 Å². The summed E-state index contributed by atoms with van der Waals surface area (Å²) >= 11 is 1.49. The number of carbonyl (C=O) groups is 1. The number of ether oxygens (including phenoxy) is 1. The summed E-state index contributed by atoms with van der Waals surface area (Å²) in [6.45, 7) is 2.94. The highest BCUT2D eigenvalue weighted by Gasteiger charge is 2.13. The van der Waals surface area contributed by atoms with Crippen LogP contribution in [0.4, 0.5) is 5.69 Å². The molecular formula is C12H18N2O2S. The second kappa shape index (κ2) is 7.19. The smallest absolute Gasteiger partial charge is 0.233 e. The van der Waals surface area contributed by atoms with Gasteiger partial charge in [0.25, 0.3) is 0 Å². The first-order valence-corrected chi connectivity index (χ1v) is 6.30. The Morgan fingerprint density at radius 2 is 2.35 bits per heavy atom. The average molecular weight is 254 g/mol. The van der Waals surface area contributed by atoms with E-state index in [0.717, 1.165) is 4.90 Å². The number of nitrogen functional groups attached to an aromatic ring is 1. The highest BCUT2D eigenvalue weighted by Crippen LogP contribution is 2.24. The second-order valence-electron chi connectivity index (χ2n) is 3.62. The third-order valence-corrected chi connectivity index (χ3v) is 3.24. The van der Waals surface area contributed by atoms with Crippen LogP contribution in [0.1, 0.15) is 6.92 Å². The zero-order chi connectivity index (χ0) is 12.7. The van der Waals surface area contributed by atoms with E-state index in [9.17, 15) is 4.79 Å². The molecule has 0 bridgehead atoms. The predicted molar refractivity (Wildman–Crippen MR) is 71.1 cm³/mol. The Morgan fingerprint density at radius 3 is 3.00 bits per heavy atom. The first-order chi connectivity index (χ1) is 8.13. The third-order valence-electron chi connectivity index (χ3n) is 2.15. The third kappa shape index (κ3) is 5.10. The molecule has 3 N–H and O–H groups in total. The molecule has 94 valence electrons. The maximum absolute atomic E-state index is 11.7. The van der Waals surface area contributed by atoms with Crippen molar-refractivity contribution >= 4 is 23.4 Å². The van der Waals surface area contributed by atoms with E-state index in [0.29, 0.717) is 18.8 Å². The first kappa shape index (κ1) is 13.9. The Morgan fingerprint density at radius 1 is 1.59 bits per heavy atom. The molecule has 0 fully saturated rings. The zero-order valence-electron chi connectivity index (χ0n) is 10.1. The highest BCUT2D eigenvalue weighted by atomic mass is 32.2. The van der Waals surface area contributed by atoms with E-state index < -0.39 is 0 Å². The summed E-state index contributed by atoms with van der Waals surface area (Å²) in [5.74, 6) is 0.00877. The van der Waals surface area contributed by atoms with E-state index in [4.69, 9.17) is 10.5 Å². The Kier molecular flexibility index (Phi) is 5.86. The number of nitrogens with two attached hydrogens (primary N) is 1. The lowest BCUT2D eigenvalue weighted by Gasteiger charge is -2.11. The van der Waals surface area contributed by atoms with Gasteiger partial charge < -0.3 is 15.8 Å². The number of methoxy groups -OCH3 is 1. The summed E-state index contributed by atoms with van der Waals surface area (Å²) in [4.78, 5) is 12.7. The lowest BCUT2D eigenvalue weighted by atomic mass is 10.3. The molecule has 0 aliphatic heterocycles. The minimum atomic E-state index is -0.145. The molecular weight excluding hydrogens is 236 g/mol.